The molecular formula is C12H18FNO. The fourth-order valence-corrected chi connectivity index (χ4v) is 1.24. The Morgan fingerprint density at radius 1 is 1.40 bits per heavy atom. The first-order valence-electron chi connectivity index (χ1n) is 5.21. The highest BCUT2D eigenvalue weighted by Crippen LogP contribution is 2.14. The van der Waals surface area contributed by atoms with Crippen molar-refractivity contribution in [3.05, 3.63) is 29.6 Å². The quantitative estimate of drug-likeness (QED) is 0.756. The van der Waals surface area contributed by atoms with E-state index in [2.05, 4.69) is 5.32 Å². The van der Waals surface area contributed by atoms with E-state index in [1.165, 1.54) is 6.07 Å². The van der Waals surface area contributed by atoms with Gasteiger partial charge in [-0.1, -0.05) is 6.07 Å². The van der Waals surface area contributed by atoms with Crippen molar-refractivity contribution in [1.82, 2.24) is 0 Å². The number of anilines is 1. The third-order valence-corrected chi connectivity index (χ3v) is 1.99. The molecule has 0 amide bonds. The molecule has 0 aliphatic heterocycles. The van der Waals surface area contributed by atoms with Crippen LogP contribution in [-0.2, 0) is 4.74 Å². The molecule has 0 aliphatic carbocycles. The van der Waals surface area contributed by atoms with Crippen LogP contribution in [0.3, 0.4) is 0 Å². The average molecular weight is 211 g/mol. The number of hydrogen-bond acceptors (Lipinski definition) is 2. The zero-order valence-corrected chi connectivity index (χ0v) is 9.51. The van der Waals surface area contributed by atoms with Crippen molar-refractivity contribution in [1.29, 1.82) is 0 Å². The summed E-state index contributed by atoms with van der Waals surface area (Å²) in [4.78, 5) is 0. The Kier molecular flexibility index (Phi) is 4.56. The molecule has 0 radical (unpaired) electrons. The van der Waals surface area contributed by atoms with Crippen LogP contribution in [0.1, 0.15) is 19.4 Å². The van der Waals surface area contributed by atoms with Gasteiger partial charge < -0.3 is 10.1 Å². The van der Waals surface area contributed by atoms with Gasteiger partial charge in [0.25, 0.3) is 0 Å². The Balaban J connectivity index is 2.37. The van der Waals surface area contributed by atoms with E-state index in [0.717, 1.165) is 5.56 Å². The van der Waals surface area contributed by atoms with Crippen LogP contribution < -0.4 is 5.32 Å². The highest BCUT2D eigenvalue weighted by molar-refractivity contribution is 5.45. The molecule has 3 heteroatoms. The average Bonchev–Trinajstić information content (AvgIpc) is 2.14. The summed E-state index contributed by atoms with van der Waals surface area (Å²) in [5.41, 5.74) is 1.46. The number of nitrogens with one attached hydrogen (secondary N) is 1. The van der Waals surface area contributed by atoms with Gasteiger partial charge in [-0.2, -0.15) is 0 Å². The highest BCUT2D eigenvalue weighted by Gasteiger charge is 2.00. The first-order valence-corrected chi connectivity index (χ1v) is 5.21. The topological polar surface area (TPSA) is 21.3 Å². The first kappa shape index (κ1) is 12.0. The number of aryl methyl sites for hydroxylation is 1. The Morgan fingerprint density at radius 3 is 2.73 bits per heavy atom. The maximum absolute atomic E-state index is 13.3. The van der Waals surface area contributed by atoms with E-state index in [1.807, 2.05) is 26.8 Å². The van der Waals surface area contributed by atoms with Crippen LogP contribution in [0.25, 0.3) is 0 Å². The van der Waals surface area contributed by atoms with Gasteiger partial charge >= 0.3 is 0 Å². The molecule has 15 heavy (non-hydrogen) atoms. The molecule has 0 fully saturated rings. The minimum Gasteiger partial charge on any atom is -0.380 e. The standard InChI is InChI=1S/C12H18FNO/c1-9(2)15-7-6-14-12-5-4-10(3)8-11(12)13/h4-5,8-9,14H,6-7H2,1-3H3. The second-order valence-corrected chi connectivity index (χ2v) is 3.83. The van der Waals surface area contributed by atoms with Crippen molar-refractivity contribution < 1.29 is 9.13 Å². The fraction of sp³-hybridized carbons (Fsp3) is 0.500. The molecule has 0 heterocycles. The molecule has 0 unspecified atom stereocenters. The van der Waals surface area contributed by atoms with E-state index in [1.54, 1.807) is 6.07 Å². The maximum atomic E-state index is 13.3. The molecule has 0 saturated heterocycles. The predicted octanol–water partition coefficient (Wildman–Crippen LogP) is 2.97. The lowest BCUT2D eigenvalue weighted by Gasteiger charge is -2.10. The highest BCUT2D eigenvalue weighted by atomic mass is 19.1. The van der Waals surface area contributed by atoms with Crippen molar-refractivity contribution >= 4 is 5.69 Å². The van der Waals surface area contributed by atoms with Crippen molar-refractivity contribution in [2.24, 2.45) is 0 Å². The molecule has 2 nitrogen and oxygen atoms in total. The minimum atomic E-state index is -0.209. The number of benzene rings is 1. The summed E-state index contributed by atoms with van der Waals surface area (Å²) < 4.78 is 18.7. The lowest BCUT2D eigenvalue weighted by atomic mass is 10.2. The molecule has 84 valence electrons. The molecular weight excluding hydrogens is 193 g/mol. The zero-order chi connectivity index (χ0) is 11.3. The predicted molar refractivity (Wildman–Crippen MR) is 60.7 cm³/mol. The summed E-state index contributed by atoms with van der Waals surface area (Å²) in [6, 6.07) is 5.15. The van der Waals surface area contributed by atoms with Crippen LogP contribution in [0.15, 0.2) is 18.2 Å². The van der Waals surface area contributed by atoms with Crippen LogP contribution in [-0.4, -0.2) is 19.3 Å². The Labute approximate surface area is 90.4 Å². The van der Waals surface area contributed by atoms with Crippen LogP contribution >= 0.6 is 0 Å². The number of ether oxygens (including phenoxy) is 1. The molecule has 1 aromatic rings. The van der Waals surface area contributed by atoms with Crippen molar-refractivity contribution in [3.8, 4) is 0 Å². The third-order valence-electron chi connectivity index (χ3n) is 1.99. The van der Waals surface area contributed by atoms with Crippen LogP contribution in [0.4, 0.5) is 10.1 Å². The first-order chi connectivity index (χ1) is 7.09. The van der Waals surface area contributed by atoms with Gasteiger partial charge in [-0.3, -0.25) is 0 Å². The number of halogens is 1. The van der Waals surface area contributed by atoms with Gasteiger partial charge in [-0.15, -0.1) is 0 Å². The van der Waals surface area contributed by atoms with Crippen LogP contribution in [0, 0.1) is 12.7 Å². The molecule has 0 spiro atoms. The van der Waals surface area contributed by atoms with Gasteiger partial charge in [-0.05, 0) is 38.5 Å². The number of rotatable bonds is 5. The molecule has 1 rings (SSSR count). The normalized spacial score (nSPS) is 10.7. The number of hydrogen-bond donors (Lipinski definition) is 1. The molecule has 1 aromatic carbocycles. The summed E-state index contributed by atoms with van der Waals surface area (Å²) >= 11 is 0. The Morgan fingerprint density at radius 2 is 2.13 bits per heavy atom. The Bertz CT molecular complexity index is 312. The van der Waals surface area contributed by atoms with Crippen LogP contribution in [0.5, 0.6) is 0 Å². The molecule has 0 aliphatic rings. The summed E-state index contributed by atoms with van der Waals surface area (Å²) in [7, 11) is 0. The van der Waals surface area contributed by atoms with Gasteiger partial charge in [0.2, 0.25) is 0 Å². The monoisotopic (exact) mass is 211 g/mol. The summed E-state index contributed by atoms with van der Waals surface area (Å²) in [6.45, 7) is 7.04. The van der Waals surface area contributed by atoms with E-state index in [0.29, 0.717) is 18.8 Å². The van der Waals surface area contributed by atoms with Crippen molar-refractivity contribution in [2.75, 3.05) is 18.5 Å². The molecule has 0 saturated carbocycles. The summed E-state index contributed by atoms with van der Waals surface area (Å²) in [5.74, 6) is -0.209. The smallest absolute Gasteiger partial charge is 0.146 e. The van der Waals surface area contributed by atoms with Gasteiger partial charge in [-0.25, -0.2) is 4.39 Å². The molecule has 0 aromatic heterocycles. The molecule has 0 bridgehead atoms. The van der Waals surface area contributed by atoms with E-state index >= 15 is 0 Å². The second kappa shape index (κ2) is 5.71. The summed E-state index contributed by atoms with van der Waals surface area (Å²) in [5, 5.41) is 3.00. The van der Waals surface area contributed by atoms with Crippen LogP contribution in [0.2, 0.25) is 0 Å². The largest absolute Gasteiger partial charge is 0.380 e. The summed E-state index contributed by atoms with van der Waals surface area (Å²) in [6.07, 6.45) is 0.217. The Hall–Kier alpha value is -1.09. The van der Waals surface area contributed by atoms with E-state index in [-0.39, 0.29) is 11.9 Å². The van der Waals surface area contributed by atoms with Crippen molar-refractivity contribution in [3.63, 3.8) is 0 Å². The van der Waals surface area contributed by atoms with Gasteiger partial charge in [0.15, 0.2) is 0 Å². The lowest BCUT2D eigenvalue weighted by molar-refractivity contribution is 0.0870. The van der Waals surface area contributed by atoms with E-state index in [4.69, 9.17) is 4.74 Å². The SMILES string of the molecule is Cc1ccc(NCCOC(C)C)c(F)c1. The lowest BCUT2D eigenvalue weighted by Crippen LogP contribution is -2.13. The fourth-order valence-electron chi connectivity index (χ4n) is 1.24. The van der Waals surface area contributed by atoms with Gasteiger partial charge in [0.05, 0.1) is 18.4 Å². The zero-order valence-electron chi connectivity index (χ0n) is 9.51. The molecule has 1 N–H and O–H groups in total. The van der Waals surface area contributed by atoms with E-state index < -0.39 is 0 Å². The van der Waals surface area contributed by atoms with Gasteiger partial charge in [0.1, 0.15) is 5.82 Å². The van der Waals surface area contributed by atoms with Gasteiger partial charge in [0, 0.05) is 6.54 Å². The third kappa shape index (κ3) is 4.30. The minimum absolute atomic E-state index is 0.209. The van der Waals surface area contributed by atoms with Crippen molar-refractivity contribution in [2.45, 2.75) is 26.9 Å². The van der Waals surface area contributed by atoms with E-state index in [9.17, 15) is 4.39 Å². The second-order valence-electron chi connectivity index (χ2n) is 3.83. The molecule has 0 atom stereocenters. The maximum Gasteiger partial charge on any atom is 0.146 e.